The van der Waals surface area contributed by atoms with Gasteiger partial charge in [0.05, 0.1) is 6.61 Å². The first-order chi connectivity index (χ1) is 13.2. The number of benzene rings is 1. The van der Waals surface area contributed by atoms with Gasteiger partial charge in [0.2, 0.25) is 5.91 Å². The molecule has 0 unspecified atom stereocenters. The molecule has 2 heterocycles. The van der Waals surface area contributed by atoms with Crippen molar-refractivity contribution in [3.05, 3.63) is 60.3 Å². The van der Waals surface area contributed by atoms with Crippen LogP contribution >= 0.6 is 0 Å². The zero-order chi connectivity index (χ0) is 18.9. The molecule has 0 aliphatic carbocycles. The van der Waals surface area contributed by atoms with E-state index in [0.717, 1.165) is 37.3 Å². The number of hydrazine groups is 1. The van der Waals surface area contributed by atoms with Crippen LogP contribution < -0.4 is 15.8 Å². The summed E-state index contributed by atoms with van der Waals surface area (Å²) in [7, 11) is 0. The molecule has 2 aromatic rings. The summed E-state index contributed by atoms with van der Waals surface area (Å²) in [5, 5.41) is 0. The summed E-state index contributed by atoms with van der Waals surface area (Å²) in [6, 6.07) is 15.4. The summed E-state index contributed by atoms with van der Waals surface area (Å²) in [6.45, 7) is 1.79. The van der Waals surface area contributed by atoms with E-state index in [2.05, 4.69) is 20.7 Å². The predicted molar refractivity (Wildman–Crippen MR) is 102 cm³/mol. The van der Waals surface area contributed by atoms with Gasteiger partial charge < -0.3 is 9.64 Å². The molecule has 1 aliphatic rings. The largest absolute Gasteiger partial charge is 0.367 e. The highest BCUT2D eigenvalue weighted by molar-refractivity contribution is 5.84. The van der Waals surface area contributed by atoms with E-state index in [1.807, 2.05) is 48.5 Å². The van der Waals surface area contributed by atoms with E-state index in [1.165, 1.54) is 0 Å². The number of rotatable bonds is 6. The third-order valence-corrected chi connectivity index (χ3v) is 4.51. The molecule has 27 heavy (non-hydrogen) atoms. The van der Waals surface area contributed by atoms with Gasteiger partial charge in [-0.1, -0.05) is 36.4 Å². The molecular weight excluding hydrogens is 344 g/mol. The first-order valence-corrected chi connectivity index (χ1v) is 9.09. The SMILES string of the molecule is O=C(COCc1ccccc1)NNC(=O)C1CCN(c2ccccn2)CC1. The molecule has 0 bridgehead atoms. The van der Waals surface area contributed by atoms with E-state index in [9.17, 15) is 9.59 Å². The Hall–Kier alpha value is -2.93. The normalized spacial score (nSPS) is 14.6. The topological polar surface area (TPSA) is 83.6 Å². The van der Waals surface area contributed by atoms with Gasteiger partial charge in [0.1, 0.15) is 12.4 Å². The van der Waals surface area contributed by atoms with Crippen molar-refractivity contribution in [3.63, 3.8) is 0 Å². The van der Waals surface area contributed by atoms with Crippen molar-refractivity contribution in [2.75, 3.05) is 24.6 Å². The Morgan fingerprint density at radius 1 is 1.04 bits per heavy atom. The molecule has 0 radical (unpaired) electrons. The van der Waals surface area contributed by atoms with Crippen LogP contribution in [0.1, 0.15) is 18.4 Å². The van der Waals surface area contributed by atoms with Gasteiger partial charge in [-0.15, -0.1) is 0 Å². The number of amides is 2. The summed E-state index contributed by atoms with van der Waals surface area (Å²) >= 11 is 0. The molecule has 2 amide bonds. The third-order valence-electron chi connectivity index (χ3n) is 4.51. The fraction of sp³-hybridized carbons (Fsp3) is 0.350. The van der Waals surface area contributed by atoms with Gasteiger partial charge in [-0.25, -0.2) is 4.98 Å². The Labute approximate surface area is 158 Å². The van der Waals surface area contributed by atoms with Crippen LogP contribution in [-0.2, 0) is 20.9 Å². The molecule has 3 rings (SSSR count). The fourth-order valence-electron chi connectivity index (χ4n) is 3.02. The van der Waals surface area contributed by atoms with Crippen molar-refractivity contribution in [3.8, 4) is 0 Å². The van der Waals surface area contributed by atoms with Crippen LogP contribution in [0, 0.1) is 5.92 Å². The number of piperidine rings is 1. The van der Waals surface area contributed by atoms with Crippen molar-refractivity contribution < 1.29 is 14.3 Å². The highest BCUT2D eigenvalue weighted by Gasteiger charge is 2.25. The van der Waals surface area contributed by atoms with Crippen molar-refractivity contribution in [1.29, 1.82) is 0 Å². The number of ether oxygens (including phenoxy) is 1. The number of nitrogens with one attached hydrogen (secondary N) is 2. The zero-order valence-corrected chi connectivity index (χ0v) is 15.1. The molecule has 1 fully saturated rings. The lowest BCUT2D eigenvalue weighted by molar-refractivity contribution is -0.133. The minimum Gasteiger partial charge on any atom is -0.367 e. The second-order valence-corrected chi connectivity index (χ2v) is 6.47. The van der Waals surface area contributed by atoms with Gasteiger partial charge in [0.15, 0.2) is 0 Å². The Balaban J connectivity index is 1.33. The zero-order valence-electron chi connectivity index (χ0n) is 15.1. The van der Waals surface area contributed by atoms with Crippen LogP contribution in [0.4, 0.5) is 5.82 Å². The summed E-state index contributed by atoms with van der Waals surface area (Å²) < 4.78 is 5.35. The van der Waals surface area contributed by atoms with Crippen molar-refractivity contribution in [1.82, 2.24) is 15.8 Å². The molecule has 2 N–H and O–H groups in total. The molecule has 7 nitrogen and oxygen atoms in total. The predicted octanol–water partition coefficient (Wildman–Crippen LogP) is 1.66. The van der Waals surface area contributed by atoms with Crippen LogP contribution in [0.25, 0.3) is 0 Å². The number of carbonyl (C=O) groups is 2. The van der Waals surface area contributed by atoms with E-state index < -0.39 is 0 Å². The second kappa shape index (κ2) is 9.68. The lowest BCUT2D eigenvalue weighted by Gasteiger charge is -2.32. The molecule has 0 spiro atoms. The van der Waals surface area contributed by atoms with Crippen LogP contribution in [0.3, 0.4) is 0 Å². The molecule has 7 heteroatoms. The number of carbonyl (C=O) groups excluding carboxylic acids is 2. The summed E-state index contributed by atoms with van der Waals surface area (Å²) in [6.07, 6.45) is 3.22. The summed E-state index contributed by atoms with van der Waals surface area (Å²) in [4.78, 5) is 30.5. The number of pyridine rings is 1. The fourth-order valence-corrected chi connectivity index (χ4v) is 3.02. The van der Waals surface area contributed by atoms with Gasteiger partial charge in [-0.3, -0.25) is 20.4 Å². The van der Waals surface area contributed by atoms with Gasteiger partial charge in [-0.05, 0) is 30.5 Å². The van der Waals surface area contributed by atoms with E-state index in [1.54, 1.807) is 6.20 Å². The maximum atomic E-state index is 12.2. The molecule has 0 saturated carbocycles. The summed E-state index contributed by atoms with van der Waals surface area (Å²) in [5.41, 5.74) is 5.92. The first-order valence-electron chi connectivity index (χ1n) is 9.09. The van der Waals surface area contributed by atoms with Crippen LogP contribution in [0.5, 0.6) is 0 Å². The Bertz CT molecular complexity index is 731. The number of hydrogen-bond donors (Lipinski definition) is 2. The van der Waals surface area contributed by atoms with E-state index in [0.29, 0.717) is 6.61 Å². The molecular formula is C20H24N4O3. The van der Waals surface area contributed by atoms with Crippen LogP contribution in [0.15, 0.2) is 54.7 Å². The lowest BCUT2D eigenvalue weighted by atomic mass is 9.96. The molecule has 1 saturated heterocycles. The smallest absolute Gasteiger partial charge is 0.264 e. The minimum absolute atomic E-state index is 0.104. The van der Waals surface area contributed by atoms with Crippen molar-refractivity contribution in [2.45, 2.75) is 19.4 Å². The monoisotopic (exact) mass is 368 g/mol. The standard InChI is InChI=1S/C20H24N4O3/c25-19(15-27-14-16-6-2-1-3-7-16)22-23-20(26)17-9-12-24(13-10-17)18-8-4-5-11-21-18/h1-8,11,17H,9-10,12-15H2,(H,22,25)(H,23,26). The van der Waals surface area contributed by atoms with Gasteiger partial charge in [-0.2, -0.15) is 0 Å². The number of aromatic nitrogens is 1. The van der Waals surface area contributed by atoms with Gasteiger partial charge >= 0.3 is 0 Å². The Morgan fingerprint density at radius 2 is 1.78 bits per heavy atom. The quantitative estimate of drug-likeness (QED) is 0.758. The number of anilines is 1. The second-order valence-electron chi connectivity index (χ2n) is 6.47. The van der Waals surface area contributed by atoms with Crippen molar-refractivity contribution in [2.24, 2.45) is 5.92 Å². The molecule has 1 aliphatic heterocycles. The molecule has 1 aromatic heterocycles. The van der Waals surface area contributed by atoms with Crippen molar-refractivity contribution >= 4 is 17.6 Å². The van der Waals surface area contributed by atoms with Gasteiger partial charge in [0, 0.05) is 25.2 Å². The molecule has 0 atom stereocenters. The Morgan fingerprint density at radius 3 is 2.48 bits per heavy atom. The van der Waals surface area contributed by atoms with E-state index in [-0.39, 0.29) is 24.3 Å². The van der Waals surface area contributed by atoms with Crippen LogP contribution in [-0.4, -0.2) is 36.5 Å². The first kappa shape index (κ1) is 18.8. The Kier molecular flexibility index (Phi) is 6.76. The number of nitrogens with zero attached hydrogens (tertiary/aromatic N) is 2. The average Bonchev–Trinajstić information content (AvgIpc) is 2.73. The molecule has 142 valence electrons. The van der Waals surface area contributed by atoms with Gasteiger partial charge in [0.25, 0.3) is 5.91 Å². The summed E-state index contributed by atoms with van der Waals surface area (Å²) in [5.74, 6) is 0.285. The lowest BCUT2D eigenvalue weighted by Crippen LogP contribution is -2.48. The highest BCUT2D eigenvalue weighted by atomic mass is 16.5. The maximum absolute atomic E-state index is 12.2. The van der Waals surface area contributed by atoms with Crippen LogP contribution in [0.2, 0.25) is 0 Å². The minimum atomic E-state index is -0.370. The molecule has 1 aromatic carbocycles. The maximum Gasteiger partial charge on any atom is 0.264 e. The van der Waals surface area contributed by atoms with E-state index >= 15 is 0 Å². The number of hydrogen-bond acceptors (Lipinski definition) is 5. The third kappa shape index (κ3) is 5.79. The van der Waals surface area contributed by atoms with E-state index in [4.69, 9.17) is 4.74 Å². The average molecular weight is 368 g/mol. The highest BCUT2D eigenvalue weighted by Crippen LogP contribution is 2.21.